The minimum Gasteiger partial charge on any atom is -0.309 e. The summed E-state index contributed by atoms with van der Waals surface area (Å²) in [5.74, 6) is 0.604. The summed E-state index contributed by atoms with van der Waals surface area (Å²) in [6.45, 7) is 10.6. The van der Waals surface area contributed by atoms with Crippen LogP contribution in [0.1, 0.15) is 47.6 Å². The van der Waals surface area contributed by atoms with Gasteiger partial charge >= 0.3 is 0 Å². The SMILES string of the molecule is Cc1ccc(CNCc2ccc(C(C)C)cc2)cc1C. The van der Waals surface area contributed by atoms with E-state index in [0.29, 0.717) is 5.92 Å². The Hall–Kier alpha value is -1.60. The highest BCUT2D eigenvalue weighted by molar-refractivity contribution is 5.30. The molecule has 0 aliphatic heterocycles. The maximum absolute atomic E-state index is 3.51. The predicted molar refractivity (Wildman–Crippen MR) is 87.0 cm³/mol. The van der Waals surface area contributed by atoms with E-state index < -0.39 is 0 Å². The Labute approximate surface area is 123 Å². The molecular weight excluding hydrogens is 242 g/mol. The average molecular weight is 267 g/mol. The van der Waals surface area contributed by atoms with Crippen molar-refractivity contribution in [2.75, 3.05) is 0 Å². The molecule has 20 heavy (non-hydrogen) atoms. The van der Waals surface area contributed by atoms with Gasteiger partial charge in [0.15, 0.2) is 0 Å². The van der Waals surface area contributed by atoms with Gasteiger partial charge in [-0.1, -0.05) is 56.3 Å². The van der Waals surface area contributed by atoms with Crippen LogP contribution in [0.2, 0.25) is 0 Å². The Morgan fingerprint density at radius 3 is 2.00 bits per heavy atom. The van der Waals surface area contributed by atoms with Crippen LogP contribution < -0.4 is 5.32 Å². The summed E-state index contributed by atoms with van der Waals surface area (Å²) >= 11 is 0. The minimum atomic E-state index is 0.604. The highest BCUT2D eigenvalue weighted by Gasteiger charge is 2.00. The van der Waals surface area contributed by atoms with Crippen LogP contribution >= 0.6 is 0 Å². The molecular formula is C19H25N. The first-order valence-corrected chi connectivity index (χ1v) is 7.42. The lowest BCUT2D eigenvalue weighted by atomic mass is 10.0. The third-order valence-electron chi connectivity index (χ3n) is 3.88. The van der Waals surface area contributed by atoms with E-state index in [0.717, 1.165) is 13.1 Å². The van der Waals surface area contributed by atoms with Crippen LogP contribution in [0.15, 0.2) is 42.5 Å². The first-order chi connectivity index (χ1) is 9.56. The van der Waals surface area contributed by atoms with Crippen molar-refractivity contribution in [1.82, 2.24) is 5.32 Å². The van der Waals surface area contributed by atoms with Crippen molar-refractivity contribution >= 4 is 0 Å². The molecule has 0 unspecified atom stereocenters. The Bertz CT molecular complexity index is 552. The van der Waals surface area contributed by atoms with Crippen LogP contribution in [0.4, 0.5) is 0 Å². The van der Waals surface area contributed by atoms with Crippen molar-refractivity contribution in [3.8, 4) is 0 Å². The van der Waals surface area contributed by atoms with Gasteiger partial charge in [-0.05, 0) is 47.6 Å². The lowest BCUT2D eigenvalue weighted by Crippen LogP contribution is -2.12. The van der Waals surface area contributed by atoms with Crippen LogP contribution in [0.25, 0.3) is 0 Å². The standard InChI is InChI=1S/C19H25N/c1-14(2)19-9-7-17(8-10-19)12-20-13-18-6-5-15(3)16(4)11-18/h5-11,14,20H,12-13H2,1-4H3. The van der Waals surface area contributed by atoms with Crippen molar-refractivity contribution in [2.24, 2.45) is 0 Å². The predicted octanol–water partition coefficient (Wildman–Crippen LogP) is 4.72. The number of hydrogen-bond donors (Lipinski definition) is 1. The molecule has 1 nitrogen and oxygen atoms in total. The molecule has 0 bridgehead atoms. The zero-order chi connectivity index (χ0) is 14.5. The van der Waals surface area contributed by atoms with Gasteiger partial charge in [0.1, 0.15) is 0 Å². The molecule has 0 aliphatic rings. The van der Waals surface area contributed by atoms with Crippen LogP contribution in [0.3, 0.4) is 0 Å². The highest BCUT2D eigenvalue weighted by atomic mass is 14.8. The number of rotatable bonds is 5. The molecule has 0 saturated carbocycles. The molecule has 2 rings (SSSR count). The van der Waals surface area contributed by atoms with Gasteiger partial charge in [-0.2, -0.15) is 0 Å². The van der Waals surface area contributed by atoms with Gasteiger partial charge in [0.25, 0.3) is 0 Å². The maximum Gasteiger partial charge on any atom is 0.0208 e. The lowest BCUT2D eigenvalue weighted by Gasteiger charge is -2.09. The van der Waals surface area contributed by atoms with Crippen molar-refractivity contribution < 1.29 is 0 Å². The second-order valence-electron chi connectivity index (χ2n) is 5.92. The molecule has 0 radical (unpaired) electrons. The van der Waals surface area contributed by atoms with E-state index in [4.69, 9.17) is 0 Å². The van der Waals surface area contributed by atoms with Gasteiger partial charge in [-0.25, -0.2) is 0 Å². The first kappa shape index (κ1) is 14.8. The Balaban J connectivity index is 1.87. The minimum absolute atomic E-state index is 0.604. The molecule has 0 atom stereocenters. The zero-order valence-corrected chi connectivity index (χ0v) is 13.0. The summed E-state index contributed by atoms with van der Waals surface area (Å²) in [7, 11) is 0. The number of nitrogens with one attached hydrogen (secondary N) is 1. The van der Waals surface area contributed by atoms with Crippen molar-refractivity contribution in [1.29, 1.82) is 0 Å². The van der Waals surface area contributed by atoms with E-state index >= 15 is 0 Å². The summed E-state index contributed by atoms with van der Waals surface area (Å²) in [6, 6.07) is 15.6. The van der Waals surface area contributed by atoms with E-state index in [1.807, 2.05) is 0 Å². The fraction of sp³-hybridized carbons (Fsp3) is 0.368. The van der Waals surface area contributed by atoms with Crippen LogP contribution in [0.5, 0.6) is 0 Å². The van der Waals surface area contributed by atoms with Crippen molar-refractivity contribution in [3.05, 3.63) is 70.3 Å². The number of hydrogen-bond acceptors (Lipinski definition) is 1. The largest absolute Gasteiger partial charge is 0.309 e. The quantitative estimate of drug-likeness (QED) is 0.826. The maximum atomic E-state index is 3.51. The molecule has 0 amide bonds. The van der Waals surface area contributed by atoms with E-state index in [1.165, 1.54) is 27.8 Å². The monoisotopic (exact) mass is 267 g/mol. The van der Waals surface area contributed by atoms with Crippen LogP contribution in [0, 0.1) is 13.8 Å². The molecule has 106 valence electrons. The summed E-state index contributed by atoms with van der Waals surface area (Å²) in [6.07, 6.45) is 0. The van der Waals surface area contributed by atoms with Crippen molar-refractivity contribution in [3.63, 3.8) is 0 Å². The zero-order valence-electron chi connectivity index (χ0n) is 13.0. The summed E-state index contributed by atoms with van der Waals surface area (Å²) in [4.78, 5) is 0. The normalized spacial score (nSPS) is 11.1. The second kappa shape index (κ2) is 6.71. The van der Waals surface area contributed by atoms with Gasteiger partial charge in [0.05, 0.1) is 0 Å². The molecule has 2 aromatic rings. The van der Waals surface area contributed by atoms with E-state index in [2.05, 4.69) is 75.5 Å². The second-order valence-corrected chi connectivity index (χ2v) is 5.92. The molecule has 1 heteroatoms. The van der Waals surface area contributed by atoms with E-state index in [1.54, 1.807) is 0 Å². The number of aryl methyl sites for hydroxylation is 2. The Kier molecular flexibility index (Phi) is 4.97. The summed E-state index contributed by atoms with van der Waals surface area (Å²) in [5, 5.41) is 3.51. The third kappa shape index (κ3) is 3.94. The van der Waals surface area contributed by atoms with Gasteiger partial charge in [0, 0.05) is 13.1 Å². The summed E-state index contributed by atoms with van der Waals surface area (Å²) in [5.41, 5.74) is 6.83. The molecule has 0 heterocycles. The van der Waals surface area contributed by atoms with Crippen molar-refractivity contribution in [2.45, 2.75) is 46.7 Å². The van der Waals surface area contributed by atoms with Gasteiger partial charge in [-0.15, -0.1) is 0 Å². The van der Waals surface area contributed by atoms with Crippen LogP contribution in [-0.2, 0) is 13.1 Å². The van der Waals surface area contributed by atoms with Gasteiger partial charge in [-0.3, -0.25) is 0 Å². The Morgan fingerprint density at radius 1 is 0.800 bits per heavy atom. The molecule has 2 aromatic carbocycles. The Morgan fingerprint density at radius 2 is 1.40 bits per heavy atom. The van der Waals surface area contributed by atoms with E-state index in [9.17, 15) is 0 Å². The molecule has 0 aromatic heterocycles. The van der Waals surface area contributed by atoms with Crippen LogP contribution in [-0.4, -0.2) is 0 Å². The highest BCUT2D eigenvalue weighted by Crippen LogP contribution is 2.15. The van der Waals surface area contributed by atoms with Gasteiger partial charge in [0.2, 0.25) is 0 Å². The summed E-state index contributed by atoms with van der Waals surface area (Å²) < 4.78 is 0. The lowest BCUT2D eigenvalue weighted by molar-refractivity contribution is 0.692. The number of benzene rings is 2. The topological polar surface area (TPSA) is 12.0 Å². The molecule has 0 fully saturated rings. The molecule has 0 spiro atoms. The molecule has 0 saturated heterocycles. The van der Waals surface area contributed by atoms with Gasteiger partial charge < -0.3 is 5.32 Å². The fourth-order valence-corrected chi connectivity index (χ4v) is 2.29. The molecule has 1 N–H and O–H groups in total. The smallest absolute Gasteiger partial charge is 0.0208 e. The third-order valence-corrected chi connectivity index (χ3v) is 3.88. The molecule has 0 aliphatic carbocycles. The fourth-order valence-electron chi connectivity index (χ4n) is 2.29. The van der Waals surface area contributed by atoms with E-state index in [-0.39, 0.29) is 0 Å². The first-order valence-electron chi connectivity index (χ1n) is 7.42. The average Bonchev–Trinajstić information content (AvgIpc) is 2.43.